The second-order valence-electron chi connectivity index (χ2n) is 4.12. The van der Waals surface area contributed by atoms with Crippen molar-refractivity contribution >= 4 is 11.9 Å². The fraction of sp³-hybridized carbons (Fsp3) is 0.385. The van der Waals surface area contributed by atoms with E-state index >= 15 is 0 Å². The van der Waals surface area contributed by atoms with Gasteiger partial charge in [0.15, 0.2) is 0 Å². The van der Waals surface area contributed by atoms with E-state index in [4.69, 9.17) is 10.8 Å². The zero-order chi connectivity index (χ0) is 13.5. The Bertz CT molecular complexity index is 432. The minimum atomic E-state index is -0.981. The van der Waals surface area contributed by atoms with Crippen LogP contribution in [0.15, 0.2) is 24.3 Å². The number of benzene rings is 1. The number of nitrogens with one attached hydrogen (secondary N) is 1. The fourth-order valence-corrected chi connectivity index (χ4v) is 1.58. The van der Waals surface area contributed by atoms with Gasteiger partial charge in [0, 0.05) is 6.54 Å². The van der Waals surface area contributed by atoms with Crippen LogP contribution in [0.1, 0.15) is 35.7 Å². The van der Waals surface area contributed by atoms with E-state index in [0.717, 1.165) is 12.0 Å². The van der Waals surface area contributed by atoms with Gasteiger partial charge >= 0.3 is 5.97 Å². The van der Waals surface area contributed by atoms with Gasteiger partial charge in [-0.2, -0.15) is 0 Å². The summed E-state index contributed by atoms with van der Waals surface area (Å²) in [5.41, 5.74) is 6.61. The lowest BCUT2D eigenvalue weighted by Gasteiger charge is -2.11. The van der Waals surface area contributed by atoms with E-state index < -0.39 is 12.0 Å². The van der Waals surface area contributed by atoms with Gasteiger partial charge in [-0.25, -0.2) is 4.79 Å². The normalized spacial score (nSPS) is 11.9. The first-order valence-corrected chi connectivity index (χ1v) is 5.90. The molecule has 1 amide bonds. The summed E-state index contributed by atoms with van der Waals surface area (Å²) in [4.78, 5) is 22.3. The first-order valence-electron chi connectivity index (χ1n) is 5.90. The molecule has 0 unspecified atom stereocenters. The Morgan fingerprint density at radius 2 is 2.17 bits per heavy atom. The number of amides is 1. The maximum absolute atomic E-state index is 11.6. The lowest BCUT2D eigenvalue weighted by Crippen LogP contribution is -2.40. The summed E-state index contributed by atoms with van der Waals surface area (Å²) in [7, 11) is 0. The van der Waals surface area contributed by atoms with Crippen molar-refractivity contribution in [2.24, 2.45) is 5.73 Å². The Hall–Kier alpha value is -1.88. The second kappa shape index (κ2) is 6.76. The quantitative estimate of drug-likeness (QED) is 0.705. The van der Waals surface area contributed by atoms with Gasteiger partial charge in [-0.05, 0) is 24.1 Å². The monoisotopic (exact) mass is 250 g/mol. The molecule has 98 valence electrons. The molecular weight excluding hydrogens is 232 g/mol. The van der Waals surface area contributed by atoms with Gasteiger partial charge in [0.2, 0.25) is 5.91 Å². The zero-order valence-corrected chi connectivity index (χ0v) is 10.3. The summed E-state index contributed by atoms with van der Waals surface area (Å²) < 4.78 is 0. The third-order valence-corrected chi connectivity index (χ3v) is 2.58. The molecule has 1 rings (SSSR count). The average molecular weight is 250 g/mol. The van der Waals surface area contributed by atoms with Crippen LogP contribution in [0.3, 0.4) is 0 Å². The Labute approximate surface area is 106 Å². The highest BCUT2D eigenvalue weighted by molar-refractivity contribution is 5.87. The van der Waals surface area contributed by atoms with Gasteiger partial charge in [0.1, 0.15) is 0 Å². The standard InChI is InChI=1S/C13H18N2O3/c1-2-4-11(14)12(16)15-8-9-5-3-6-10(7-9)13(17)18/h3,5-7,11H,2,4,8,14H2,1H3,(H,15,16)(H,17,18)/t11-/m1/s1. The topological polar surface area (TPSA) is 92.4 Å². The molecule has 0 spiro atoms. The molecule has 0 saturated heterocycles. The van der Waals surface area contributed by atoms with Gasteiger partial charge in [-0.3, -0.25) is 4.79 Å². The number of aromatic carboxylic acids is 1. The number of carboxylic acids is 1. The summed E-state index contributed by atoms with van der Waals surface area (Å²) in [5, 5.41) is 11.5. The fourth-order valence-electron chi connectivity index (χ4n) is 1.58. The zero-order valence-electron chi connectivity index (χ0n) is 10.3. The highest BCUT2D eigenvalue weighted by atomic mass is 16.4. The van der Waals surface area contributed by atoms with Crippen molar-refractivity contribution in [2.75, 3.05) is 0 Å². The molecule has 0 fully saturated rings. The summed E-state index contributed by atoms with van der Waals surface area (Å²) in [6.45, 7) is 2.25. The van der Waals surface area contributed by atoms with Crippen molar-refractivity contribution < 1.29 is 14.7 Å². The highest BCUT2D eigenvalue weighted by Crippen LogP contribution is 2.05. The first-order chi connectivity index (χ1) is 8.54. The Kier molecular flexibility index (Phi) is 5.32. The highest BCUT2D eigenvalue weighted by Gasteiger charge is 2.11. The van der Waals surface area contributed by atoms with E-state index in [1.807, 2.05) is 6.92 Å². The number of carbonyl (C=O) groups is 2. The molecule has 0 aliphatic rings. The van der Waals surface area contributed by atoms with Crippen LogP contribution in [0.4, 0.5) is 0 Å². The Morgan fingerprint density at radius 3 is 2.78 bits per heavy atom. The van der Waals surface area contributed by atoms with Crippen LogP contribution in [0, 0.1) is 0 Å². The summed E-state index contributed by atoms with van der Waals surface area (Å²) in [6, 6.07) is 5.96. The lowest BCUT2D eigenvalue weighted by molar-refractivity contribution is -0.122. The van der Waals surface area contributed by atoms with Crippen LogP contribution in [0.25, 0.3) is 0 Å². The summed E-state index contributed by atoms with van der Waals surface area (Å²) in [5.74, 6) is -1.19. The minimum absolute atomic E-state index is 0.208. The number of nitrogens with two attached hydrogens (primary N) is 1. The van der Waals surface area contributed by atoms with Gasteiger partial charge in [0.25, 0.3) is 0 Å². The Morgan fingerprint density at radius 1 is 1.44 bits per heavy atom. The van der Waals surface area contributed by atoms with E-state index in [1.165, 1.54) is 12.1 Å². The second-order valence-corrected chi connectivity index (χ2v) is 4.12. The molecule has 18 heavy (non-hydrogen) atoms. The number of hydrogen-bond acceptors (Lipinski definition) is 3. The molecule has 0 aromatic heterocycles. The van der Waals surface area contributed by atoms with Crippen molar-refractivity contribution in [3.8, 4) is 0 Å². The molecule has 0 bridgehead atoms. The first kappa shape index (κ1) is 14.2. The molecule has 0 radical (unpaired) electrons. The van der Waals surface area contributed by atoms with Crippen LogP contribution < -0.4 is 11.1 Å². The van der Waals surface area contributed by atoms with Crippen molar-refractivity contribution in [2.45, 2.75) is 32.4 Å². The maximum Gasteiger partial charge on any atom is 0.335 e. The van der Waals surface area contributed by atoms with Gasteiger partial charge in [0.05, 0.1) is 11.6 Å². The van der Waals surface area contributed by atoms with E-state index in [2.05, 4.69) is 5.32 Å². The lowest BCUT2D eigenvalue weighted by atomic mass is 10.1. The van der Waals surface area contributed by atoms with E-state index in [0.29, 0.717) is 6.42 Å². The number of rotatable bonds is 6. The molecule has 5 heteroatoms. The van der Waals surface area contributed by atoms with Crippen molar-refractivity contribution in [1.82, 2.24) is 5.32 Å². The van der Waals surface area contributed by atoms with E-state index in [1.54, 1.807) is 12.1 Å². The SMILES string of the molecule is CCC[C@@H](N)C(=O)NCc1cccc(C(=O)O)c1. The van der Waals surface area contributed by atoms with Crippen LogP contribution in [-0.2, 0) is 11.3 Å². The minimum Gasteiger partial charge on any atom is -0.478 e. The molecular formula is C13H18N2O3. The van der Waals surface area contributed by atoms with Crippen LogP contribution in [-0.4, -0.2) is 23.0 Å². The smallest absolute Gasteiger partial charge is 0.335 e. The Balaban J connectivity index is 2.55. The van der Waals surface area contributed by atoms with Crippen molar-refractivity contribution in [1.29, 1.82) is 0 Å². The van der Waals surface area contributed by atoms with Gasteiger partial charge < -0.3 is 16.2 Å². The molecule has 1 aromatic rings. The maximum atomic E-state index is 11.6. The van der Waals surface area contributed by atoms with Crippen molar-refractivity contribution in [3.63, 3.8) is 0 Å². The predicted molar refractivity (Wildman–Crippen MR) is 68.1 cm³/mol. The molecule has 1 atom stereocenters. The molecule has 1 aromatic carbocycles. The third-order valence-electron chi connectivity index (χ3n) is 2.58. The molecule has 4 N–H and O–H groups in total. The molecule has 0 saturated carbocycles. The molecule has 0 heterocycles. The van der Waals surface area contributed by atoms with E-state index in [9.17, 15) is 9.59 Å². The van der Waals surface area contributed by atoms with Crippen LogP contribution in [0.2, 0.25) is 0 Å². The molecule has 0 aliphatic heterocycles. The van der Waals surface area contributed by atoms with Crippen LogP contribution in [0.5, 0.6) is 0 Å². The third kappa shape index (κ3) is 4.18. The number of carboxylic acid groups (broad SMARTS) is 1. The average Bonchev–Trinajstić information content (AvgIpc) is 2.36. The van der Waals surface area contributed by atoms with Gasteiger partial charge in [-0.1, -0.05) is 25.5 Å². The van der Waals surface area contributed by atoms with Gasteiger partial charge in [-0.15, -0.1) is 0 Å². The predicted octanol–water partition coefficient (Wildman–Crippen LogP) is 1.13. The van der Waals surface area contributed by atoms with Crippen molar-refractivity contribution in [3.05, 3.63) is 35.4 Å². The number of carbonyl (C=O) groups excluding carboxylic acids is 1. The summed E-state index contributed by atoms with van der Waals surface area (Å²) >= 11 is 0. The largest absolute Gasteiger partial charge is 0.478 e. The molecule has 5 nitrogen and oxygen atoms in total. The van der Waals surface area contributed by atoms with E-state index in [-0.39, 0.29) is 18.0 Å². The molecule has 0 aliphatic carbocycles. The number of hydrogen-bond donors (Lipinski definition) is 3. The van der Waals surface area contributed by atoms with Crippen LogP contribution >= 0.6 is 0 Å². The summed E-state index contributed by atoms with van der Waals surface area (Å²) in [6.07, 6.45) is 1.49.